The third-order valence-electron chi connectivity index (χ3n) is 6.64. The molecule has 0 amide bonds. The van der Waals surface area contributed by atoms with Crippen LogP contribution in [0.5, 0.6) is 0 Å². The average molecular weight is 448 g/mol. The van der Waals surface area contributed by atoms with Gasteiger partial charge in [0.05, 0.1) is 19.6 Å². The fraction of sp³-hybridized carbons (Fsp3) is 0.346. The lowest BCUT2D eigenvalue weighted by Gasteiger charge is -2.29. The van der Waals surface area contributed by atoms with Gasteiger partial charge in [-0.25, -0.2) is 4.79 Å². The second-order valence-electron chi connectivity index (χ2n) is 8.96. The number of hydrogen-bond acceptors (Lipinski definition) is 4. The summed E-state index contributed by atoms with van der Waals surface area (Å²) >= 11 is 0. The number of likely N-dealkylation sites (tertiary alicyclic amines) is 1. The van der Waals surface area contributed by atoms with Crippen molar-refractivity contribution in [2.24, 2.45) is 13.0 Å². The summed E-state index contributed by atoms with van der Waals surface area (Å²) in [5.74, 6) is 0.263. The molecule has 1 saturated heterocycles. The molecule has 4 rings (SSSR count). The van der Waals surface area contributed by atoms with E-state index in [9.17, 15) is 14.4 Å². The molecule has 0 bridgehead atoms. The van der Waals surface area contributed by atoms with Gasteiger partial charge in [0, 0.05) is 7.05 Å². The summed E-state index contributed by atoms with van der Waals surface area (Å²) in [5.41, 5.74) is 7.23. The van der Waals surface area contributed by atoms with Crippen molar-refractivity contribution in [1.82, 2.24) is 9.13 Å². The number of nitrogens with two attached hydrogens (primary N) is 1. The van der Waals surface area contributed by atoms with Gasteiger partial charge in [-0.2, -0.15) is 0 Å². The number of ketones is 1. The van der Waals surface area contributed by atoms with Gasteiger partial charge in [0.1, 0.15) is 17.9 Å². The molecule has 2 aromatic carbocycles. The van der Waals surface area contributed by atoms with Crippen LogP contribution >= 0.6 is 0 Å². The summed E-state index contributed by atoms with van der Waals surface area (Å²) in [6.07, 6.45) is 3.14. The molecule has 1 fully saturated rings. The molecule has 3 N–H and O–H groups in total. The fourth-order valence-corrected chi connectivity index (χ4v) is 4.69. The van der Waals surface area contributed by atoms with Gasteiger partial charge >= 0.3 is 5.69 Å². The van der Waals surface area contributed by atoms with Gasteiger partial charge in [0.15, 0.2) is 0 Å². The Hall–Kier alpha value is -3.45. The van der Waals surface area contributed by atoms with Crippen molar-refractivity contribution in [3.63, 3.8) is 0 Å². The van der Waals surface area contributed by atoms with Crippen molar-refractivity contribution in [1.29, 1.82) is 0 Å². The van der Waals surface area contributed by atoms with Gasteiger partial charge in [0.25, 0.3) is 5.56 Å². The molecule has 3 aromatic rings. The first-order valence-electron chi connectivity index (χ1n) is 11.5. The average Bonchev–Trinajstić information content (AvgIpc) is 2.83. The highest BCUT2D eigenvalue weighted by molar-refractivity contribution is 6.00. The van der Waals surface area contributed by atoms with Crippen molar-refractivity contribution < 1.29 is 9.69 Å². The number of carbonyl (C=O) groups excluding carboxylic acids is 1. The van der Waals surface area contributed by atoms with E-state index >= 15 is 0 Å². The lowest BCUT2D eigenvalue weighted by molar-refractivity contribution is -0.897. The Morgan fingerprint density at radius 3 is 2.15 bits per heavy atom. The minimum absolute atomic E-state index is 0.0460. The molecule has 0 saturated carbocycles. The van der Waals surface area contributed by atoms with Gasteiger partial charge in [0.2, 0.25) is 5.78 Å². The number of nitrogen functional groups attached to an aromatic ring is 1. The topological polar surface area (TPSA) is 91.5 Å². The number of Topliss-reactive ketones (excluding diaryl/α,β-unsaturated/α-hetero) is 1. The monoisotopic (exact) mass is 447 g/mol. The van der Waals surface area contributed by atoms with Gasteiger partial charge in [-0.1, -0.05) is 60.7 Å². The van der Waals surface area contributed by atoms with E-state index in [-0.39, 0.29) is 30.3 Å². The summed E-state index contributed by atoms with van der Waals surface area (Å²) in [6, 6.07) is 19.9. The van der Waals surface area contributed by atoms with Crippen LogP contribution in [0, 0.1) is 5.92 Å². The second-order valence-corrected chi connectivity index (χ2v) is 8.96. The molecule has 0 atom stereocenters. The number of anilines is 1. The molecule has 7 nitrogen and oxygen atoms in total. The second kappa shape index (κ2) is 10.0. The Morgan fingerprint density at radius 2 is 1.55 bits per heavy atom. The molecule has 1 aliphatic heterocycles. The maximum Gasteiger partial charge on any atom is 0.332 e. The first-order chi connectivity index (χ1) is 15.9. The van der Waals surface area contributed by atoms with E-state index in [0.29, 0.717) is 5.92 Å². The Bertz CT molecular complexity index is 1220. The molecule has 7 heteroatoms. The standard InChI is InChI=1S/C26H30N4O3/c1-28-25(32)23(24(27)30(26(28)33)17-21-10-6-3-7-11-21)22(31)18-29-14-12-20(13-15-29)16-19-8-4-2-5-9-19/h2-11,20H,12-18,27H2,1H3/p+1. The molecule has 0 spiro atoms. The molecule has 1 aliphatic rings. The minimum Gasteiger partial charge on any atom is -0.384 e. The highest BCUT2D eigenvalue weighted by Gasteiger charge is 2.28. The molecular weight excluding hydrogens is 416 g/mol. The normalized spacial score (nSPS) is 18.2. The number of nitrogens with zero attached hydrogens (tertiary/aromatic N) is 2. The SMILES string of the molecule is Cn1c(=O)c(C(=O)C[NH+]2CCC(Cc3ccccc3)CC2)c(N)n(Cc2ccccc2)c1=O. The number of quaternary nitrogens is 1. The number of nitrogens with one attached hydrogen (secondary N) is 1. The summed E-state index contributed by atoms with van der Waals surface area (Å²) < 4.78 is 2.29. The smallest absolute Gasteiger partial charge is 0.332 e. The molecular formula is C26H31N4O3+. The van der Waals surface area contributed by atoms with Crippen molar-refractivity contribution >= 4 is 11.6 Å². The number of rotatable bonds is 7. The van der Waals surface area contributed by atoms with Crippen molar-refractivity contribution in [3.8, 4) is 0 Å². The number of piperidine rings is 1. The predicted molar refractivity (Wildman–Crippen MR) is 129 cm³/mol. The number of carbonyl (C=O) groups is 1. The Labute approximate surface area is 193 Å². The van der Waals surface area contributed by atoms with Crippen LogP contribution in [0.2, 0.25) is 0 Å². The van der Waals surface area contributed by atoms with Crippen LogP contribution in [0.25, 0.3) is 0 Å². The number of hydrogen-bond donors (Lipinski definition) is 2. The summed E-state index contributed by atoms with van der Waals surface area (Å²) in [4.78, 5) is 39.8. The van der Waals surface area contributed by atoms with Crippen molar-refractivity contribution in [2.75, 3.05) is 25.4 Å². The molecule has 0 unspecified atom stereocenters. The van der Waals surface area contributed by atoms with Crippen LogP contribution in [-0.2, 0) is 20.0 Å². The van der Waals surface area contributed by atoms with E-state index in [1.54, 1.807) is 0 Å². The highest BCUT2D eigenvalue weighted by Crippen LogP contribution is 2.16. The zero-order chi connectivity index (χ0) is 23.4. The third-order valence-corrected chi connectivity index (χ3v) is 6.64. The summed E-state index contributed by atoms with van der Waals surface area (Å²) in [7, 11) is 1.39. The maximum absolute atomic E-state index is 13.2. The Morgan fingerprint density at radius 1 is 0.970 bits per heavy atom. The molecule has 172 valence electrons. The van der Waals surface area contributed by atoms with Gasteiger partial charge in [-0.05, 0) is 36.3 Å². The van der Waals surface area contributed by atoms with E-state index in [0.717, 1.165) is 47.4 Å². The van der Waals surface area contributed by atoms with Crippen LogP contribution in [0.1, 0.15) is 34.3 Å². The van der Waals surface area contributed by atoms with E-state index in [2.05, 4.69) is 24.3 Å². The fourth-order valence-electron chi connectivity index (χ4n) is 4.69. The minimum atomic E-state index is -0.620. The first-order valence-corrected chi connectivity index (χ1v) is 11.5. The predicted octanol–water partition coefficient (Wildman–Crippen LogP) is 0.898. The van der Waals surface area contributed by atoms with E-state index in [4.69, 9.17) is 5.73 Å². The van der Waals surface area contributed by atoms with Crippen molar-refractivity contribution in [2.45, 2.75) is 25.8 Å². The first kappa shape index (κ1) is 22.7. The van der Waals surface area contributed by atoms with Crippen LogP contribution in [0.15, 0.2) is 70.3 Å². The zero-order valence-electron chi connectivity index (χ0n) is 19.0. The van der Waals surface area contributed by atoms with Crippen LogP contribution < -0.4 is 21.9 Å². The number of aromatic nitrogens is 2. The van der Waals surface area contributed by atoms with E-state index in [1.807, 2.05) is 36.4 Å². The van der Waals surface area contributed by atoms with E-state index < -0.39 is 11.2 Å². The molecule has 33 heavy (non-hydrogen) atoms. The van der Waals surface area contributed by atoms with Crippen LogP contribution in [0.4, 0.5) is 5.82 Å². The summed E-state index contributed by atoms with van der Waals surface area (Å²) in [5, 5.41) is 0. The quantitative estimate of drug-likeness (QED) is 0.527. The van der Waals surface area contributed by atoms with E-state index in [1.165, 1.54) is 17.2 Å². The lowest BCUT2D eigenvalue weighted by atomic mass is 9.90. The Kier molecular flexibility index (Phi) is 6.89. The zero-order valence-corrected chi connectivity index (χ0v) is 19.0. The number of benzene rings is 2. The third kappa shape index (κ3) is 5.14. The van der Waals surface area contributed by atoms with Gasteiger partial charge < -0.3 is 10.6 Å². The molecule has 2 heterocycles. The lowest BCUT2D eigenvalue weighted by Crippen LogP contribution is -3.14. The van der Waals surface area contributed by atoms with Gasteiger partial charge in [-0.15, -0.1) is 0 Å². The summed E-state index contributed by atoms with van der Waals surface area (Å²) in [6.45, 7) is 2.18. The molecule has 0 radical (unpaired) electrons. The van der Waals surface area contributed by atoms with Crippen LogP contribution in [0.3, 0.4) is 0 Å². The Balaban J connectivity index is 1.47. The molecule has 1 aromatic heterocycles. The largest absolute Gasteiger partial charge is 0.384 e. The maximum atomic E-state index is 13.2. The highest BCUT2D eigenvalue weighted by atomic mass is 16.2. The van der Waals surface area contributed by atoms with Gasteiger partial charge in [-0.3, -0.25) is 18.7 Å². The van der Waals surface area contributed by atoms with Crippen molar-refractivity contribution in [3.05, 3.63) is 98.2 Å². The van der Waals surface area contributed by atoms with Crippen LogP contribution in [-0.4, -0.2) is 34.6 Å². The molecule has 0 aliphatic carbocycles.